The van der Waals surface area contributed by atoms with Crippen LogP contribution in [0.25, 0.3) is 0 Å². The number of phenolic OH excluding ortho intramolecular Hbond substituents is 1. The molecule has 0 unspecified atom stereocenters. The molecular weight excluding hydrogens is 2020 g/mol. The van der Waals surface area contributed by atoms with Crippen molar-refractivity contribution in [3.63, 3.8) is 0 Å². The number of aromatic hydroxyl groups is 1. The van der Waals surface area contributed by atoms with Gasteiger partial charge in [0.15, 0.2) is 0 Å². The van der Waals surface area contributed by atoms with Gasteiger partial charge in [-0.15, -0.1) is 11.8 Å². The second-order valence-corrected chi connectivity index (χ2v) is 41.6. The van der Waals surface area contributed by atoms with Crippen molar-refractivity contribution >= 4 is 177 Å². The number of carbonyl (C=O) groups excluding carboxylic acids is 22. The molecule has 0 aromatic heterocycles. The van der Waals surface area contributed by atoms with Crippen LogP contribution in [0.1, 0.15) is 143 Å². The Hall–Kier alpha value is -13.4. The maximum Gasteiger partial charge on any atom is 0.267 e. The molecule has 5 aliphatic heterocycles. The molecule has 0 saturated carbocycles. The van der Waals surface area contributed by atoms with E-state index in [4.69, 9.17) is 22.9 Å². The highest BCUT2D eigenvalue weighted by molar-refractivity contribution is 8.02. The smallest absolute Gasteiger partial charge is 0.267 e. The lowest BCUT2D eigenvalue weighted by Crippen LogP contribution is -2.63. The van der Waals surface area contributed by atoms with Crippen LogP contribution in [0.3, 0.4) is 0 Å². The van der Waals surface area contributed by atoms with Crippen LogP contribution in [0.5, 0.6) is 5.75 Å². The number of primary amides is 1. The van der Waals surface area contributed by atoms with Crippen molar-refractivity contribution in [1.82, 2.24) is 111 Å². The van der Waals surface area contributed by atoms with Crippen molar-refractivity contribution in [3.8, 4) is 5.75 Å². The van der Waals surface area contributed by atoms with Crippen LogP contribution >= 0.6 is 47.0 Å². The molecule has 22 amide bonds. The summed E-state index contributed by atoms with van der Waals surface area (Å²) < 4.78 is 0. The molecular formula is C98H141N25O23S4. The maximum absolute atomic E-state index is 15.6. The van der Waals surface area contributed by atoms with Crippen LogP contribution in [0.2, 0.25) is 0 Å². The summed E-state index contributed by atoms with van der Waals surface area (Å²) in [5, 5.41) is 62.5. The number of hydrogen-bond donors (Lipinski definition) is 25. The molecule has 150 heavy (non-hydrogen) atoms. The third-order valence-corrected chi connectivity index (χ3v) is 30.0. The first kappa shape index (κ1) is 122. The predicted octanol–water partition coefficient (Wildman–Crippen LogP) is -6.02. The summed E-state index contributed by atoms with van der Waals surface area (Å²) in [6.45, 7) is 11.1. The lowest BCUT2D eigenvalue weighted by atomic mass is 9.96. The second-order valence-electron chi connectivity index (χ2n) is 37.1. The highest BCUT2D eigenvalue weighted by Gasteiger charge is 2.45. The van der Waals surface area contributed by atoms with E-state index in [0.717, 1.165) is 53.1 Å². The minimum absolute atomic E-state index is 0.00166. The molecule has 0 radical (unpaired) electrons. The van der Waals surface area contributed by atoms with Crippen LogP contribution in [-0.2, 0) is 125 Å². The fourth-order valence-corrected chi connectivity index (χ4v) is 20.2. The summed E-state index contributed by atoms with van der Waals surface area (Å²) in [6, 6.07) is -4.37. The van der Waals surface area contributed by atoms with Crippen molar-refractivity contribution in [2.24, 2.45) is 34.8 Å². The average molecular weight is 2170 g/mol. The number of allylic oxidation sites excluding steroid dienone is 1. The fourth-order valence-electron chi connectivity index (χ4n) is 16.2. The van der Waals surface area contributed by atoms with Crippen LogP contribution in [0.15, 0.2) is 108 Å². The molecule has 21 atom stereocenters. The van der Waals surface area contributed by atoms with Gasteiger partial charge in [-0.1, -0.05) is 126 Å². The summed E-state index contributed by atoms with van der Waals surface area (Å²) >= 11 is 3.54. The number of carbonyl (C=O) groups is 22. The lowest BCUT2D eigenvalue weighted by Gasteiger charge is -2.33. The molecule has 3 aromatic rings. The zero-order valence-electron chi connectivity index (χ0n) is 84.9. The third kappa shape index (κ3) is 38.5. The van der Waals surface area contributed by atoms with Crippen molar-refractivity contribution in [1.29, 1.82) is 0 Å². The number of fused-ring (bicyclic) bond motifs is 7. The number of nitrogens with two attached hydrogens (primary N) is 4. The van der Waals surface area contributed by atoms with E-state index in [2.05, 4.69) is 106 Å². The topological polar surface area (TPSA) is 744 Å². The van der Waals surface area contributed by atoms with Gasteiger partial charge in [-0.25, -0.2) is 0 Å². The quantitative estimate of drug-likeness (QED) is 0.0190. The minimum Gasteiger partial charge on any atom is -0.508 e. The summed E-state index contributed by atoms with van der Waals surface area (Å²) in [5.74, 6) is -23.9. The van der Waals surface area contributed by atoms with Crippen LogP contribution < -0.4 is 129 Å². The Morgan fingerprint density at radius 1 is 0.527 bits per heavy atom. The van der Waals surface area contributed by atoms with Crippen LogP contribution in [0.4, 0.5) is 0 Å². The summed E-state index contributed by atoms with van der Waals surface area (Å²) in [4.78, 5) is 319. The third-order valence-electron chi connectivity index (χ3n) is 25.5. The number of rotatable bonds is 36. The van der Waals surface area contributed by atoms with E-state index in [9.17, 15) is 96.2 Å². The molecule has 48 nitrogen and oxygen atoms in total. The minimum atomic E-state index is -1.80. The van der Waals surface area contributed by atoms with E-state index in [1.54, 1.807) is 81.4 Å². The number of phenols is 1. The number of hydrogen-bond acceptors (Lipinski definition) is 30. The zero-order chi connectivity index (χ0) is 110. The van der Waals surface area contributed by atoms with Crippen molar-refractivity contribution in [3.05, 3.63) is 125 Å². The van der Waals surface area contributed by atoms with E-state index in [1.165, 1.54) is 68.5 Å². The molecule has 29 N–H and O–H groups in total. The number of amides is 22. The normalized spacial score (nSPS) is 25.1. The first-order chi connectivity index (χ1) is 71.5. The number of unbranched alkanes of at least 4 members (excludes halogenated alkanes) is 2. The van der Waals surface area contributed by atoms with Crippen LogP contribution in [0, 0.1) is 11.8 Å². The molecule has 4 fully saturated rings. The van der Waals surface area contributed by atoms with Crippen molar-refractivity contribution in [2.45, 2.75) is 259 Å². The van der Waals surface area contributed by atoms with Gasteiger partial charge in [0.05, 0.1) is 25.6 Å². The Labute approximate surface area is 885 Å². The fraction of sp³-hybridized carbons (Fsp3) is 0.551. The summed E-state index contributed by atoms with van der Waals surface area (Å²) in [7, 11) is 0. The zero-order valence-corrected chi connectivity index (χ0v) is 88.2. The standard InChI is InChI=1S/C98H141N25O23S4/c1-9-51(4)77(102)96(144)107-54(7)81(129)117-70-48-149-49-71(120-97(145)78(52(5)10-2)121-89(137)65(40-57-25-16-13-17-26-57)113-85(133)62(112-92(70)140)28-19-21-35-100)94(142)122-79-55(8)150-50-72(109-76(127)44-105-95(143)73-29-22-37-123(73)98(79)146)90(138)106-53(6)80(128)111-61(27-18-20-34-99)84(132)110-60(11-3)82(130)104-43-75(126)108-68-47-148-46-67-83(131)103-36-38-147-45-69(93(141)115-64(87(135)118-67)41-58-30-32-59(124)33-31-58)119-88(136)66(42-74(101)125)116-86(134)63(114-91(68)139)39-56-23-14-12-15-24-56/h11-17,23-26,30-33,36,38,51-55,61-73,77-79,124H,9-10,18-22,27-29,34-35,37,39-50,99-100,102H2,1-8H3,(H2,101,125)(H,103,131)(H,104,130)(H,105,143)(H,106,138)(H,107,144)(H,108,126)(H,109,127)(H,110,132)(H,111,128)(H,112,140)(H,113,133)(H,114,139)(H,115,141)(H,116,134)(H,117,129)(H,118,135)(H,119,136)(H,120,145)(H,121,137)(H,122,142)/b38-36-,60-11-/t51-,52-,53-,54-,55-,61-,62-,63-,64-,65-,66-,67-,68+,69+,70+,71-,72-,73-,77-,78-,79+/m0/s1. The molecule has 5 aliphatic rings. The number of nitrogens with one attached hydrogen (secondary N) is 20. The van der Waals surface area contributed by atoms with Crippen molar-refractivity contribution < 1.29 is 111 Å². The highest BCUT2D eigenvalue weighted by Crippen LogP contribution is 2.27. The molecule has 5 heterocycles. The van der Waals surface area contributed by atoms with Gasteiger partial charge < -0.3 is 139 Å². The number of benzene rings is 3. The van der Waals surface area contributed by atoms with Crippen LogP contribution in [-0.4, -0.2) is 321 Å². The second kappa shape index (κ2) is 61.6. The van der Waals surface area contributed by atoms with Crippen molar-refractivity contribution in [2.75, 3.05) is 67.2 Å². The van der Waals surface area contributed by atoms with E-state index in [1.807, 2.05) is 6.92 Å². The first-order valence-corrected chi connectivity index (χ1v) is 54.3. The Balaban J connectivity index is 1.01. The Morgan fingerprint density at radius 2 is 1.07 bits per heavy atom. The molecule has 4 saturated heterocycles. The van der Waals surface area contributed by atoms with Gasteiger partial charge in [0.2, 0.25) is 124 Å². The molecule has 0 spiro atoms. The first-order valence-electron chi connectivity index (χ1n) is 49.9. The molecule has 8 rings (SSSR count). The predicted molar refractivity (Wildman–Crippen MR) is 560 cm³/mol. The van der Waals surface area contributed by atoms with Gasteiger partial charge in [-0.3, -0.25) is 105 Å². The molecule has 820 valence electrons. The lowest BCUT2D eigenvalue weighted by molar-refractivity contribution is -0.142. The van der Waals surface area contributed by atoms with Gasteiger partial charge >= 0.3 is 0 Å². The molecule has 3 aromatic carbocycles. The van der Waals surface area contributed by atoms with Gasteiger partial charge in [-0.05, 0) is 131 Å². The molecule has 52 heteroatoms. The SMILES string of the molecule is C/C=C(\NC(=O)[C@H](CCCCN)NC(=O)[C@H](C)NC(=O)[C@@H]1CS[C@@H](C)[C@@H](NC(=O)[C@@H]2CSC[C@@H](NC(=O)[C@H](C)NC(=O)[C@@H](N)[C@@H](C)CC)C(=O)N[C@@H](CCCCN)C(=O)N[C@@H](Cc3ccccc3)C(=O)N[C@@H]([C@@H](C)CC)C(=O)N2)C(=O)N2CCC[C@H]2C(=O)NCC(=O)N1)C(=O)NCC(=O)N[C@@H]1CSC[C@@H]2NC(=O)[C@H](Cc3ccc(O)cc3)NC(=O)[C@@H](CS/C=C\NC2=O)NC(=O)[C@H](CC(N)=O)NC(=O)[C@H](Cc2ccccc2)NC1=O. The Morgan fingerprint density at radius 3 is 1.69 bits per heavy atom. The van der Waals surface area contributed by atoms with Gasteiger partial charge in [0, 0.05) is 71.8 Å². The summed E-state index contributed by atoms with van der Waals surface area (Å²) in [6.07, 6.45) is 3.17. The molecule has 0 aliphatic carbocycles. The Kier molecular flexibility index (Phi) is 50.0. The van der Waals surface area contributed by atoms with E-state index in [0.29, 0.717) is 48.8 Å². The van der Waals surface area contributed by atoms with Gasteiger partial charge in [-0.2, -0.15) is 35.3 Å². The number of nitrogens with zero attached hydrogens (tertiary/aromatic N) is 1. The van der Waals surface area contributed by atoms with Gasteiger partial charge in [0.25, 0.3) is 5.91 Å². The van der Waals surface area contributed by atoms with Gasteiger partial charge in [0.1, 0.15) is 114 Å². The maximum atomic E-state index is 15.6. The van der Waals surface area contributed by atoms with E-state index < -0.39 is 292 Å². The summed E-state index contributed by atoms with van der Waals surface area (Å²) in [5.41, 5.74) is 24.6. The Bertz CT molecular complexity index is 5330. The highest BCUT2D eigenvalue weighted by atomic mass is 32.2. The number of thioether (sulfide) groups is 4. The monoisotopic (exact) mass is 2160 g/mol. The van der Waals surface area contributed by atoms with E-state index in [-0.39, 0.29) is 99.9 Å². The van der Waals surface area contributed by atoms with E-state index >= 15 is 14.4 Å². The largest absolute Gasteiger partial charge is 0.508 e. The molecule has 2 bridgehead atoms. The average Bonchev–Trinajstić information content (AvgIpc) is 1.62.